The molecule has 0 atom stereocenters. The lowest BCUT2D eigenvalue weighted by atomic mass is 10.5. The summed E-state index contributed by atoms with van der Waals surface area (Å²) in [6, 6.07) is 0.757. The fourth-order valence-electron chi connectivity index (χ4n) is 0.845. The van der Waals surface area contributed by atoms with Crippen LogP contribution in [0.5, 0.6) is 0 Å². The predicted molar refractivity (Wildman–Crippen MR) is 33.9 cm³/mol. The van der Waals surface area contributed by atoms with E-state index in [0.29, 0.717) is 0 Å². The quantitative estimate of drug-likeness (QED) is 0.311. The van der Waals surface area contributed by atoms with E-state index in [1.165, 1.54) is 19.2 Å². The summed E-state index contributed by atoms with van der Waals surface area (Å²) < 4.78 is 0.778. The van der Waals surface area contributed by atoms with Gasteiger partial charge in [-0.05, 0) is 0 Å². The zero-order valence-electron chi connectivity index (χ0n) is 5.52. The topological polar surface area (TPSA) is 23.9 Å². The first-order valence-corrected chi connectivity index (χ1v) is 3.02. The Bertz CT molecular complexity index is 103. The third-order valence-electron chi connectivity index (χ3n) is 1.82. The molecule has 1 aliphatic carbocycles. The highest BCUT2D eigenvalue weighted by molar-refractivity contribution is 5.41. The van der Waals surface area contributed by atoms with E-state index in [0.717, 1.165) is 10.5 Å². The number of nitrogens with one attached hydrogen (secondary N) is 1. The highest BCUT2D eigenvalue weighted by Crippen LogP contribution is 2.28. The van der Waals surface area contributed by atoms with Crippen molar-refractivity contribution in [3.63, 3.8) is 0 Å². The molecule has 1 aliphatic rings. The Balaban J connectivity index is 2.49. The minimum atomic E-state index is 0.757. The molecule has 0 aromatic carbocycles. The molecule has 0 aromatic rings. The van der Waals surface area contributed by atoms with Crippen molar-refractivity contribution in [2.75, 3.05) is 14.1 Å². The Labute approximate surface area is 50.2 Å². The fraction of sp³-hybridized carbons (Fsp3) is 0.833. The van der Waals surface area contributed by atoms with Crippen LogP contribution in [0.15, 0.2) is 0 Å². The largest absolute Gasteiger partial charge is 0.284 e. The Morgan fingerprint density at radius 2 is 2.00 bits per heavy atom. The summed E-state index contributed by atoms with van der Waals surface area (Å²) in [6.45, 7) is 0. The Morgan fingerprint density at radius 3 is 2.12 bits per heavy atom. The lowest BCUT2D eigenvalue weighted by molar-refractivity contribution is -0.805. The van der Waals surface area contributed by atoms with Crippen molar-refractivity contribution < 1.29 is 4.48 Å². The molecule has 0 amide bonds. The normalized spacial score (nSPS) is 20.8. The van der Waals surface area contributed by atoms with E-state index < -0.39 is 0 Å². The van der Waals surface area contributed by atoms with Gasteiger partial charge in [0.1, 0.15) is 0 Å². The average Bonchev–Trinajstić information content (AvgIpc) is 2.44. The van der Waals surface area contributed by atoms with E-state index in [1.54, 1.807) is 0 Å². The van der Waals surface area contributed by atoms with Crippen LogP contribution in [0.2, 0.25) is 0 Å². The van der Waals surface area contributed by atoms with Crippen molar-refractivity contribution >= 4 is 6.34 Å². The summed E-state index contributed by atoms with van der Waals surface area (Å²) in [7, 11) is 4.15. The molecular weight excluding hydrogens is 100 g/mol. The van der Waals surface area contributed by atoms with Crippen LogP contribution in [-0.2, 0) is 0 Å². The number of nitrogens with zero attached hydrogens (tertiary/aromatic N) is 1. The highest BCUT2D eigenvalue weighted by Gasteiger charge is 2.36. The molecule has 1 fully saturated rings. The van der Waals surface area contributed by atoms with Gasteiger partial charge in [0.15, 0.2) is 6.34 Å². The van der Waals surface area contributed by atoms with Gasteiger partial charge in [-0.25, -0.2) is 0 Å². The summed E-state index contributed by atoms with van der Waals surface area (Å²) in [5.41, 5.74) is 0. The van der Waals surface area contributed by atoms with Gasteiger partial charge in [-0.1, -0.05) is 0 Å². The maximum Gasteiger partial charge on any atom is 0.182 e. The van der Waals surface area contributed by atoms with Crippen LogP contribution >= 0.6 is 0 Å². The number of rotatable bonds is 2. The van der Waals surface area contributed by atoms with Gasteiger partial charge >= 0.3 is 0 Å². The third kappa shape index (κ3) is 0.892. The Hall–Kier alpha value is -0.370. The zero-order valence-corrected chi connectivity index (χ0v) is 5.52. The molecule has 0 saturated heterocycles. The van der Waals surface area contributed by atoms with E-state index in [2.05, 4.69) is 14.1 Å². The van der Waals surface area contributed by atoms with Crippen molar-refractivity contribution in [2.45, 2.75) is 18.9 Å². The molecule has 0 aromatic heterocycles. The van der Waals surface area contributed by atoms with Crippen molar-refractivity contribution in [2.24, 2.45) is 0 Å². The molecule has 1 saturated carbocycles. The van der Waals surface area contributed by atoms with Crippen LogP contribution in [0.3, 0.4) is 0 Å². The van der Waals surface area contributed by atoms with E-state index in [9.17, 15) is 0 Å². The van der Waals surface area contributed by atoms with Gasteiger partial charge in [-0.3, -0.25) is 9.89 Å². The minimum Gasteiger partial charge on any atom is -0.284 e. The molecule has 8 heavy (non-hydrogen) atoms. The molecule has 46 valence electrons. The lowest BCUT2D eigenvalue weighted by Crippen LogP contribution is -2.39. The zero-order chi connectivity index (χ0) is 6.20. The second kappa shape index (κ2) is 1.55. The van der Waals surface area contributed by atoms with E-state index in [4.69, 9.17) is 5.41 Å². The monoisotopic (exact) mass is 113 g/mol. The van der Waals surface area contributed by atoms with Crippen molar-refractivity contribution in [1.82, 2.24) is 0 Å². The standard InChI is InChI=1S/C6H13N2/c1-8(2,5-7)6-3-4-6/h5-7H,3-4H2,1-2H3/q+1. The first-order chi connectivity index (χ1) is 3.67. The molecule has 1 N–H and O–H groups in total. The van der Waals surface area contributed by atoms with Gasteiger partial charge in [0.2, 0.25) is 0 Å². The molecule has 0 bridgehead atoms. The van der Waals surface area contributed by atoms with E-state index in [1.807, 2.05) is 0 Å². The maximum absolute atomic E-state index is 7.02. The number of quaternary nitrogens is 1. The molecule has 0 aliphatic heterocycles. The summed E-state index contributed by atoms with van der Waals surface area (Å²) in [6.07, 6.45) is 4.13. The summed E-state index contributed by atoms with van der Waals surface area (Å²) in [4.78, 5) is 0. The molecule has 0 unspecified atom stereocenters. The molecule has 1 rings (SSSR count). The Kier molecular flexibility index (Phi) is 1.12. The van der Waals surface area contributed by atoms with Crippen LogP contribution in [0.25, 0.3) is 0 Å². The van der Waals surface area contributed by atoms with Crippen LogP contribution < -0.4 is 0 Å². The third-order valence-corrected chi connectivity index (χ3v) is 1.82. The number of hydrogen-bond donors (Lipinski definition) is 1. The maximum atomic E-state index is 7.02. The lowest BCUT2D eigenvalue weighted by Gasteiger charge is -2.21. The molecule has 2 nitrogen and oxygen atoms in total. The van der Waals surface area contributed by atoms with Crippen LogP contribution in [0.4, 0.5) is 0 Å². The van der Waals surface area contributed by atoms with Crippen molar-refractivity contribution in [3.8, 4) is 0 Å². The van der Waals surface area contributed by atoms with Crippen LogP contribution in [0.1, 0.15) is 12.8 Å². The molecular formula is C6H13N2+. The SMILES string of the molecule is C[N+](C)(C=N)C1CC1. The van der Waals surface area contributed by atoms with Gasteiger partial charge in [0.25, 0.3) is 0 Å². The summed E-state index contributed by atoms with van der Waals surface area (Å²) in [5, 5.41) is 7.02. The van der Waals surface area contributed by atoms with Gasteiger partial charge < -0.3 is 0 Å². The molecule has 0 radical (unpaired) electrons. The second-order valence-corrected chi connectivity index (χ2v) is 2.99. The molecule has 0 spiro atoms. The molecule has 2 heteroatoms. The van der Waals surface area contributed by atoms with Gasteiger partial charge in [0, 0.05) is 12.8 Å². The first kappa shape index (κ1) is 5.76. The predicted octanol–water partition coefficient (Wildman–Crippen LogP) is 0.832. The highest BCUT2D eigenvalue weighted by atomic mass is 15.3. The average molecular weight is 113 g/mol. The summed E-state index contributed by atoms with van der Waals surface area (Å²) >= 11 is 0. The second-order valence-electron chi connectivity index (χ2n) is 2.99. The van der Waals surface area contributed by atoms with E-state index >= 15 is 0 Å². The number of hydrogen-bond acceptors (Lipinski definition) is 1. The Morgan fingerprint density at radius 1 is 1.50 bits per heavy atom. The fourth-order valence-corrected chi connectivity index (χ4v) is 0.845. The molecule has 0 heterocycles. The van der Waals surface area contributed by atoms with Gasteiger partial charge in [0.05, 0.1) is 20.1 Å². The van der Waals surface area contributed by atoms with Crippen molar-refractivity contribution in [1.29, 1.82) is 5.41 Å². The van der Waals surface area contributed by atoms with Crippen LogP contribution in [0, 0.1) is 5.41 Å². The van der Waals surface area contributed by atoms with Crippen molar-refractivity contribution in [3.05, 3.63) is 0 Å². The van der Waals surface area contributed by atoms with Gasteiger partial charge in [-0.2, -0.15) is 0 Å². The van der Waals surface area contributed by atoms with E-state index in [-0.39, 0.29) is 0 Å². The smallest absolute Gasteiger partial charge is 0.182 e. The first-order valence-electron chi connectivity index (χ1n) is 3.02. The minimum absolute atomic E-state index is 0.757. The summed E-state index contributed by atoms with van der Waals surface area (Å²) in [5.74, 6) is 0. The van der Waals surface area contributed by atoms with Crippen LogP contribution in [-0.4, -0.2) is 31.0 Å². The van der Waals surface area contributed by atoms with Gasteiger partial charge in [-0.15, -0.1) is 0 Å².